The zero-order valence-corrected chi connectivity index (χ0v) is 12.4. The van der Waals surface area contributed by atoms with E-state index in [-0.39, 0.29) is 17.4 Å². The van der Waals surface area contributed by atoms with Gasteiger partial charge in [-0.1, -0.05) is 26.8 Å². The Labute approximate surface area is 117 Å². The SMILES string of the molecule is C[C@@H](NC(=O)c1[nH]c(Cl)c2cccc[n+]12)C(C)(C)C. The second kappa shape index (κ2) is 4.85. The van der Waals surface area contributed by atoms with Crippen LogP contribution in [0.5, 0.6) is 0 Å². The Morgan fingerprint density at radius 1 is 1.42 bits per heavy atom. The van der Waals surface area contributed by atoms with E-state index >= 15 is 0 Å². The molecule has 0 saturated carbocycles. The molecule has 19 heavy (non-hydrogen) atoms. The molecular formula is C14H19ClN3O+. The summed E-state index contributed by atoms with van der Waals surface area (Å²) in [7, 11) is 0. The maximum Gasteiger partial charge on any atom is 0.352 e. The van der Waals surface area contributed by atoms with Gasteiger partial charge in [-0.25, -0.2) is 4.98 Å². The second-order valence-corrected chi connectivity index (χ2v) is 6.18. The van der Waals surface area contributed by atoms with Crippen LogP contribution in [0.25, 0.3) is 5.52 Å². The predicted molar refractivity (Wildman–Crippen MR) is 75.3 cm³/mol. The average Bonchev–Trinajstić information content (AvgIpc) is 2.66. The Morgan fingerprint density at radius 2 is 2.11 bits per heavy atom. The van der Waals surface area contributed by atoms with E-state index in [0.29, 0.717) is 11.0 Å². The van der Waals surface area contributed by atoms with Crippen molar-refractivity contribution in [1.29, 1.82) is 0 Å². The molecule has 0 saturated heterocycles. The Balaban J connectivity index is 2.33. The molecule has 0 spiro atoms. The van der Waals surface area contributed by atoms with E-state index in [9.17, 15) is 4.79 Å². The second-order valence-electron chi connectivity index (χ2n) is 5.80. The zero-order valence-electron chi connectivity index (χ0n) is 11.6. The summed E-state index contributed by atoms with van der Waals surface area (Å²) in [5, 5.41) is 3.46. The Hall–Kier alpha value is -1.55. The highest BCUT2D eigenvalue weighted by Gasteiger charge is 2.28. The lowest BCUT2D eigenvalue weighted by Crippen LogP contribution is -2.44. The summed E-state index contributed by atoms with van der Waals surface area (Å²) < 4.78 is 1.76. The molecule has 0 aromatic carbocycles. The van der Waals surface area contributed by atoms with E-state index < -0.39 is 0 Å². The summed E-state index contributed by atoms with van der Waals surface area (Å²) in [5.74, 6) is 0.284. The number of halogens is 1. The minimum atomic E-state index is -0.157. The van der Waals surface area contributed by atoms with E-state index in [1.165, 1.54) is 0 Å². The van der Waals surface area contributed by atoms with Crippen LogP contribution < -0.4 is 9.72 Å². The first-order valence-corrected chi connectivity index (χ1v) is 6.67. The number of hydrogen-bond acceptors (Lipinski definition) is 1. The number of aromatic nitrogens is 2. The average molecular weight is 281 g/mol. The fourth-order valence-electron chi connectivity index (χ4n) is 1.69. The van der Waals surface area contributed by atoms with Gasteiger partial charge in [0.05, 0.1) is 6.20 Å². The van der Waals surface area contributed by atoms with Crippen molar-refractivity contribution in [2.24, 2.45) is 5.41 Å². The van der Waals surface area contributed by atoms with Crippen LogP contribution in [0.15, 0.2) is 24.4 Å². The summed E-state index contributed by atoms with van der Waals surface area (Å²) in [5.41, 5.74) is 0.796. The monoisotopic (exact) mass is 280 g/mol. The maximum absolute atomic E-state index is 12.3. The van der Waals surface area contributed by atoms with E-state index in [0.717, 1.165) is 5.52 Å². The van der Waals surface area contributed by atoms with Gasteiger partial charge in [-0.2, -0.15) is 4.40 Å². The van der Waals surface area contributed by atoms with Gasteiger partial charge < -0.3 is 5.32 Å². The number of fused-ring (bicyclic) bond motifs is 1. The van der Waals surface area contributed by atoms with Gasteiger partial charge in [0.15, 0.2) is 5.52 Å². The van der Waals surface area contributed by atoms with Crippen molar-refractivity contribution in [1.82, 2.24) is 10.3 Å². The van der Waals surface area contributed by atoms with Crippen molar-refractivity contribution in [3.8, 4) is 0 Å². The minimum absolute atomic E-state index is 0.00647. The fraction of sp³-hybridized carbons (Fsp3) is 0.429. The van der Waals surface area contributed by atoms with Crippen LogP contribution in [0, 0.1) is 5.41 Å². The number of carbonyl (C=O) groups excluding carboxylic acids is 1. The number of carbonyl (C=O) groups is 1. The van der Waals surface area contributed by atoms with Crippen molar-refractivity contribution in [2.45, 2.75) is 33.7 Å². The zero-order chi connectivity index (χ0) is 14.2. The van der Waals surface area contributed by atoms with Gasteiger partial charge in [-0.3, -0.25) is 4.79 Å². The number of rotatable bonds is 2. The molecular weight excluding hydrogens is 262 g/mol. The highest BCUT2D eigenvalue weighted by atomic mass is 35.5. The van der Waals surface area contributed by atoms with E-state index in [4.69, 9.17) is 11.6 Å². The van der Waals surface area contributed by atoms with Gasteiger partial charge in [-0.05, 0) is 36.1 Å². The summed E-state index contributed by atoms with van der Waals surface area (Å²) >= 11 is 6.09. The van der Waals surface area contributed by atoms with Crippen molar-refractivity contribution in [3.05, 3.63) is 35.4 Å². The Kier molecular flexibility index (Phi) is 3.54. The van der Waals surface area contributed by atoms with Gasteiger partial charge in [0.2, 0.25) is 5.15 Å². The molecule has 2 aromatic heterocycles. The Morgan fingerprint density at radius 3 is 2.74 bits per heavy atom. The standard InChI is InChI=1S/C14H18ClN3O/c1-9(14(2,3)4)16-13(19)12-17-11(15)10-7-5-6-8-18(10)12/h5-9H,1-4H3,(H,16,19)/p+1/t9-/m1/s1. The van der Waals surface area contributed by atoms with Gasteiger partial charge in [0, 0.05) is 6.04 Å². The van der Waals surface area contributed by atoms with Crippen LogP contribution in [0.2, 0.25) is 5.15 Å². The molecule has 1 atom stereocenters. The fourth-order valence-corrected chi connectivity index (χ4v) is 1.94. The number of nitrogens with zero attached hydrogens (tertiary/aromatic N) is 1. The molecule has 2 aromatic rings. The quantitative estimate of drug-likeness (QED) is 0.816. The molecule has 4 nitrogen and oxygen atoms in total. The van der Waals surface area contributed by atoms with Crippen LogP contribution in [0.4, 0.5) is 0 Å². The smallest absolute Gasteiger partial charge is 0.343 e. The van der Waals surface area contributed by atoms with Crippen LogP contribution >= 0.6 is 11.6 Å². The number of amides is 1. The molecule has 2 N–H and O–H groups in total. The maximum atomic E-state index is 12.3. The number of imidazole rings is 1. The number of aromatic amines is 1. The molecule has 2 heterocycles. The summed E-state index contributed by atoms with van der Waals surface area (Å²) in [4.78, 5) is 15.2. The van der Waals surface area contributed by atoms with Crippen LogP contribution in [-0.4, -0.2) is 16.9 Å². The topological polar surface area (TPSA) is 49.0 Å². The first-order chi connectivity index (χ1) is 8.80. The molecule has 2 rings (SSSR count). The highest BCUT2D eigenvalue weighted by molar-refractivity contribution is 6.32. The number of nitrogens with one attached hydrogen (secondary N) is 2. The normalized spacial score (nSPS) is 13.5. The summed E-state index contributed by atoms with van der Waals surface area (Å²) in [6, 6.07) is 5.67. The lowest BCUT2D eigenvalue weighted by atomic mass is 9.88. The molecule has 0 unspecified atom stereocenters. The summed E-state index contributed by atoms with van der Waals surface area (Å²) in [6.45, 7) is 8.26. The Bertz CT molecular complexity index is 613. The van der Waals surface area contributed by atoms with E-state index in [1.54, 1.807) is 4.40 Å². The molecule has 102 valence electrons. The largest absolute Gasteiger partial charge is 0.352 e. The third-order valence-electron chi connectivity index (χ3n) is 3.42. The van der Waals surface area contributed by atoms with Gasteiger partial charge in [-0.15, -0.1) is 0 Å². The van der Waals surface area contributed by atoms with Crippen LogP contribution in [0.1, 0.15) is 38.3 Å². The third-order valence-corrected chi connectivity index (χ3v) is 3.70. The third kappa shape index (κ3) is 2.73. The summed E-state index contributed by atoms with van der Waals surface area (Å²) in [6.07, 6.45) is 1.81. The highest BCUT2D eigenvalue weighted by Crippen LogP contribution is 2.19. The van der Waals surface area contributed by atoms with Crippen molar-refractivity contribution in [3.63, 3.8) is 0 Å². The first-order valence-electron chi connectivity index (χ1n) is 6.29. The molecule has 0 bridgehead atoms. The van der Waals surface area contributed by atoms with E-state index in [2.05, 4.69) is 31.1 Å². The number of hydrogen-bond donors (Lipinski definition) is 2. The van der Waals surface area contributed by atoms with E-state index in [1.807, 2.05) is 31.3 Å². The first kappa shape index (κ1) is 13.9. The van der Waals surface area contributed by atoms with Crippen molar-refractivity contribution < 1.29 is 9.20 Å². The van der Waals surface area contributed by atoms with Gasteiger partial charge >= 0.3 is 11.7 Å². The molecule has 0 aliphatic rings. The lowest BCUT2D eigenvalue weighted by Gasteiger charge is -2.27. The molecule has 5 heteroatoms. The predicted octanol–water partition coefficient (Wildman–Crippen LogP) is 2.57. The van der Waals surface area contributed by atoms with Crippen LogP contribution in [-0.2, 0) is 0 Å². The number of pyridine rings is 1. The van der Waals surface area contributed by atoms with Crippen molar-refractivity contribution in [2.75, 3.05) is 0 Å². The van der Waals surface area contributed by atoms with Gasteiger partial charge in [0.1, 0.15) is 0 Å². The molecule has 0 radical (unpaired) electrons. The lowest BCUT2D eigenvalue weighted by molar-refractivity contribution is -0.514. The molecule has 0 aliphatic carbocycles. The number of H-pyrrole nitrogens is 1. The van der Waals surface area contributed by atoms with Gasteiger partial charge in [0.25, 0.3) is 0 Å². The van der Waals surface area contributed by atoms with Crippen molar-refractivity contribution >= 4 is 23.0 Å². The molecule has 1 amide bonds. The molecule has 0 aliphatic heterocycles. The minimum Gasteiger partial charge on any atom is -0.343 e. The molecule has 0 fully saturated rings. The van der Waals surface area contributed by atoms with Crippen LogP contribution in [0.3, 0.4) is 0 Å².